The fourth-order valence-electron chi connectivity index (χ4n) is 0.546. The third kappa shape index (κ3) is 5.12. The van der Waals surface area contributed by atoms with Crippen molar-refractivity contribution in [2.24, 2.45) is 0 Å². The largest absolute Gasteiger partial charge is 0.385 e. The fourth-order valence-corrected chi connectivity index (χ4v) is 1.98. The van der Waals surface area contributed by atoms with Crippen LogP contribution in [0.2, 0.25) is 0 Å². The van der Waals surface area contributed by atoms with Crippen molar-refractivity contribution in [2.75, 3.05) is 26.2 Å². The van der Waals surface area contributed by atoms with Crippen molar-refractivity contribution in [3.63, 3.8) is 0 Å². The van der Waals surface area contributed by atoms with Crippen LogP contribution in [0.25, 0.3) is 0 Å². The van der Waals surface area contributed by atoms with Crippen LogP contribution in [0.15, 0.2) is 0 Å². The van der Waals surface area contributed by atoms with Crippen LogP contribution in [-0.4, -0.2) is 30.8 Å². The Bertz CT molecular complexity index is 55.0. The number of rotatable bonds is 5. The summed E-state index contributed by atoms with van der Waals surface area (Å²) in [4.78, 5) is 0. The lowest BCUT2D eigenvalue weighted by Gasteiger charge is -2.08. The molecule has 0 fully saturated rings. The number of thioether (sulfide) groups is 2. The molecule has 0 spiro atoms. The average Bonchev–Trinajstić information content (AvgIpc) is 1.91. The Labute approximate surface area is 65.9 Å². The van der Waals surface area contributed by atoms with E-state index in [1.807, 2.05) is 23.5 Å². The number of hydrogen-bond acceptors (Lipinski definition) is 3. The van der Waals surface area contributed by atoms with E-state index in [4.69, 9.17) is 4.74 Å². The highest BCUT2D eigenvalue weighted by Gasteiger charge is 2.01. The molecule has 0 aliphatic carbocycles. The maximum Gasteiger partial charge on any atom is 0.0518 e. The molecule has 0 N–H and O–H groups in total. The summed E-state index contributed by atoms with van der Waals surface area (Å²) >= 11 is 3.79. The second-order valence-corrected chi connectivity index (χ2v) is 4.06. The highest BCUT2D eigenvalue weighted by Crippen LogP contribution is 2.21. The third-order valence-corrected chi connectivity index (χ3v) is 3.76. The lowest BCUT2D eigenvalue weighted by Crippen LogP contribution is -2.00. The van der Waals surface area contributed by atoms with E-state index in [1.165, 1.54) is 0 Å². The topological polar surface area (TPSA) is 9.23 Å². The second kappa shape index (κ2) is 6.78. The fraction of sp³-hybridized carbons (Fsp3) is 1.00. The van der Waals surface area contributed by atoms with Crippen LogP contribution in [0.5, 0.6) is 0 Å². The SMILES string of the molecule is COCCC(SC)SC. The lowest BCUT2D eigenvalue weighted by atomic mass is 10.5. The first-order valence-electron chi connectivity index (χ1n) is 2.89. The minimum atomic E-state index is 0.713. The van der Waals surface area contributed by atoms with Gasteiger partial charge in [-0.25, -0.2) is 0 Å². The molecule has 0 rings (SSSR count). The maximum absolute atomic E-state index is 4.95. The van der Waals surface area contributed by atoms with Gasteiger partial charge in [-0.2, -0.15) is 23.5 Å². The van der Waals surface area contributed by atoms with Gasteiger partial charge >= 0.3 is 0 Å². The van der Waals surface area contributed by atoms with Gasteiger partial charge in [-0.15, -0.1) is 0 Å². The molecule has 0 unspecified atom stereocenters. The summed E-state index contributed by atoms with van der Waals surface area (Å²) in [5.41, 5.74) is 0. The Hall–Kier alpha value is 0.660. The zero-order valence-electron chi connectivity index (χ0n) is 6.22. The smallest absolute Gasteiger partial charge is 0.0518 e. The van der Waals surface area contributed by atoms with Crippen molar-refractivity contribution in [3.8, 4) is 0 Å². The van der Waals surface area contributed by atoms with Crippen molar-refractivity contribution >= 4 is 23.5 Å². The molecule has 0 aromatic carbocycles. The van der Waals surface area contributed by atoms with Crippen LogP contribution in [0, 0.1) is 0 Å². The number of methoxy groups -OCH3 is 1. The standard InChI is InChI=1S/C6H14OS2/c1-7-5-4-6(8-2)9-3/h6H,4-5H2,1-3H3. The lowest BCUT2D eigenvalue weighted by molar-refractivity contribution is 0.198. The quantitative estimate of drug-likeness (QED) is 0.579. The van der Waals surface area contributed by atoms with Gasteiger partial charge in [0.1, 0.15) is 0 Å². The predicted octanol–water partition coefficient (Wildman–Crippen LogP) is 2.08. The molecule has 0 amide bonds. The first-order chi connectivity index (χ1) is 4.35. The van der Waals surface area contributed by atoms with E-state index in [9.17, 15) is 0 Å². The Morgan fingerprint density at radius 1 is 1.33 bits per heavy atom. The van der Waals surface area contributed by atoms with Crippen LogP contribution >= 0.6 is 23.5 Å². The highest BCUT2D eigenvalue weighted by molar-refractivity contribution is 8.16. The van der Waals surface area contributed by atoms with E-state index in [1.54, 1.807) is 7.11 Å². The van der Waals surface area contributed by atoms with Crippen LogP contribution < -0.4 is 0 Å². The van der Waals surface area contributed by atoms with Gasteiger partial charge in [0.2, 0.25) is 0 Å². The van der Waals surface area contributed by atoms with Crippen molar-refractivity contribution < 1.29 is 4.74 Å². The summed E-state index contributed by atoms with van der Waals surface area (Å²) in [5, 5.41) is 0. The van der Waals surface area contributed by atoms with Gasteiger partial charge in [0.25, 0.3) is 0 Å². The third-order valence-electron chi connectivity index (χ3n) is 1.08. The van der Waals surface area contributed by atoms with Crippen LogP contribution in [0.4, 0.5) is 0 Å². The van der Waals surface area contributed by atoms with Gasteiger partial charge in [-0.3, -0.25) is 0 Å². The number of ether oxygens (including phenoxy) is 1. The summed E-state index contributed by atoms with van der Waals surface area (Å²) in [7, 11) is 1.75. The summed E-state index contributed by atoms with van der Waals surface area (Å²) in [6.45, 7) is 0.881. The van der Waals surface area contributed by atoms with E-state index in [-0.39, 0.29) is 0 Å². The summed E-state index contributed by atoms with van der Waals surface area (Å²) in [5.74, 6) is 0. The minimum Gasteiger partial charge on any atom is -0.385 e. The molecule has 1 nitrogen and oxygen atoms in total. The summed E-state index contributed by atoms with van der Waals surface area (Å²) in [6, 6.07) is 0. The molecule has 0 radical (unpaired) electrons. The monoisotopic (exact) mass is 166 g/mol. The van der Waals surface area contributed by atoms with Crippen molar-refractivity contribution in [1.82, 2.24) is 0 Å². The molecular formula is C6H14OS2. The van der Waals surface area contributed by atoms with Crippen LogP contribution in [-0.2, 0) is 4.74 Å². The predicted molar refractivity (Wildman–Crippen MR) is 47.3 cm³/mol. The molecule has 0 saturated heterocycles. The van der Waals surface area contributed by atoms with Crippen LogP contribution in [0.3, 0.4) is 0 Å². The van der Waals surface area contributed by atoms with E-state index >= 15 is 0 Å². The molecule has 3 heteroatoms. The van der Waals surface area contributed by atoms with E-state index in [2.05, 4.69) is 12.5 Å². The van der Waals surface area contributed by atoms with Crippen LogP contribution in [0.1, 0.15) is 6.42 Å². The molecule has 0 aliphatic heterocycles. The van der Waals surface area contributed by atoms with E-state index < -0.39 is 0 Å². The molecule has 0 atom stereocenters. The minimum absolute atomic E-state index is 0.713. The molecule has 0 heterocycles. The van der Waals surface area contributed by atoms with Gasteiger partial charge in [-0.1, -0.05) is 0 Å². The molecule has 0 bridgehead atoms. The van der Waals surface area contributed by atoms with Gasteiger partial charge in [0.15, 0.2) is 0 Å². The molecular weight excluding hydrogens is 152 g/mol. The molecule has 0 aliphatic rings. The first kappa shape index (κ1) is 9.66. The molecule has 56 valence electrons. The molecule has 0 aromatic rings. The van der Waals surface area contributed by atoms with Crippen molar-refractivity contribution in [2.45, 2.75) is 11.0 Å². The van der Waals surface area contributed by atoms with Gasteiger partial charge < -0.3 is 4.74 Å². The highest BCUT2D eigenvalue weighted by atomic mass is 32.2. The zero-order valence-corrected chi connectivity index (χ0v) is 7.85. The first-order valence-corrected chi connectivity index (χ1v) is 5.47. The Kier molecular flexibility index (Phi) is 7.27. The Balaban J connectivity index is 3.09. The van der Waals surface area contributed by atoms with Gasteiger partial charge in [-0.05, 0) is 18.9 Å². The maximum atomic E-state index is 4.95. The summed E-state index contributed by atoms with van der Waals surface area (Å²) in [6.07, 6.45) is 5.42. The molecule has 0 aromatic heterocycles. The Morgan fingerprint density at radius 2 is 1.89 bits per heavy atom. The summed E-state index contributed by atoms with van der Waals surface area (Å²) < 4.78 is 5.66. The zero-order chi connectivity index (χ0) is 7.11. The van der Waals surface area contributed by atoms with Gasteiger partial charge in [0.05, 0.1) is 4.58 Å². The van der Waals surface area contributed by atoms with Crippen molar-refractivity contribution in [3.05, 3.63) is 0 Å². The molecule has 0 saturated carbocycles. The average molecular weight is 166 g/mol. The van der Waals surface area contributed by atoms with Crippen molar-refractivity contribution in [1.29, 1.82) is 0 Å². The second-order valence-electron chi connectivity index (χ2n) is 1.68. The van der Waals surface area contributed by atoms with Gasteiger partial charge in [0, 0.05) is 13.7 Å². The Morgan fingerprint density at radius 3 is 2.22 bits per heavy atom. The normalized spacial score (nSPS) is 10.7. The molecule has 9 heavy (non-hydrogen) atoms. The van der Waals surface area contributed by atoms with E-state index in [0.29, 0.717) is 4.58 Å². The number of hydrogen-bond donors (Lipinski definition) is 0. The van der Waals surface area contributed by atoms with E-state index in [0.717, 1.165) is 13.0 Å².